The van der Waals surface area contributed by atoms with E-state index >= 15 is 0 Å². The first kappa shape index (κ1) is 12.5. The summed E-state index contributed by atoms with van der Waals surface area (Å²) >= 11 is 1.67. The van der Waals surface area contributed by atoms with Crippen molar-refractivity contribution in [3.63, 3.8) is 0 Å². The van der Waals surface area contributed by atoms with Crippen molar-refractivity contribution in [1.29, 1.82) is 0 Å². The van der Waals surface area contributed by atoms with E-state index < -0.39 is 0 Å². The normalized spacial score (nSPS) is 24.1. The van der Waals surface area contributed by atoms with E-state index in [1.54, 1.807) is 17.8 Å². The van der Waals surface area contributed by atoms with E-state index in [0.717, 1.165) is 4.90 Å². The summed E-state index contributed by atoms with van der Waals surface area (Å²) in [6, 6.07) is 7.06. The molecule has 0 amide bonds. The topological polar surface area (TPSA) is 26.0 Å². The van der Waals surface area contributed by atoms with Gasteiger partial charge in [0.05, 0.1) is 0 Å². The molecule has 2 aliphatic rings. The van der Waals surface area contributed by atoms with Gasteiger partial charge < -0.3 is 5.73 Å². The Balaban J connectivity index is 1.73. The van der Waals surface area contributed by atoms with Gasteiger partial charge in [-0.25, -0.2) is 4.39 Å². The molecule has 0 aromatic heterocycles. The molecule has 2 saturated carbocycles. The zero-order valence-corrected chi connectivity index (χ0v) is 11.4. The van der Waals surface area contributed by atoms with Crippen molar-refractivity contribution in [2.45, 2.75) is 48.2 Å². The smallest absolute Gasteiger partial charge is 0.136 e. The molecule has 1 aromatic carbocycles. The first-order valence-electron chi connectivity index (χ1n) is 6.81. The van der Waals surface area contributed by atoms with E-state index in [2.05, 4.69) is 0 Å². The lowest BCUT2D eigenvalue weighted by Gasteiger charge is -2.54. The largest absolute Gasteiger partial charge is 0.329 e. The third-order valence-electron chi connectivity index (χ3n) is 4.59. The van der Waals surface area contributed by atoms with Crippen LogP contribution in [0.2, 0.25) is 0 Å². The first-order valence-corrected chi connectivity index (χ1v) is 7.62. The second-order valence-corrected chi connectivity index (χ2v) is 7.49. The molecule has 1 nitrogen and oxygen atoms in total. The van der Waals surface area contributed by atoms with Crippen molar-refractivity contribution in [2.75, 3.05) is 6.54 Å². The van der Waals surface area contributed by atoms with Crippen LogP contribution in [0.3, 0.4) is 0 Å². The molecule has 0 atom stereocenters. The van der Waals surface area contributed by atoms with Crippen molar-refractivity contribution in [1.82, 2.24) is 0 Å². The van der Waals surface area contributed by atoms with Gasteiger partial charge in [-0.2, -0.15) is 0 Å². The Kier molecular flexibility index (Phi) is 3.15. The Morgan fingerprint density at radius 1 is 1.17 bits per heavy atom. The molecule has 0 unspecified atom stereocenters. The predicted molar refractivity (Wildman–Crippen MR) is 74.2 cm³/mol. The van der Waals surface area contributed by atoms with Gasteiger partial charge in [-0.1, -0.05) is 25.0 Å². The highest BCUT2D eigenvalue weighted by molar-refractivity contribution is 8.00. The van der Waals surface area contributed by atoms with Crippen molar-refractivity contribution < 1.29 is 4.39 Å². The van der Waals surface area contributed by atoms with Gasteiger partial charge in [-0.3, -0.25) is 0 Å². The number of thioether (sulfide) groups is 1. The Labute approximate surface area is 112 Å². The maximum Gasteiger partial charge on any atom is 0.136 e. The summed E-state index contributed by atoms with van der Waals surface area (Å²) in [5, 5.41) is 0. The molecule has 2 aliphatic carbocycles. The van der Waals surface area contributed by atoms with E-state index in [1.807, 2.05) is 12.1 Å². The predicted octanol–water partition coefficient (Wildman–Crippen LogP) is 3.97. The zero-order chi connectivity index (χ0) is 12.6. The van der Waals surface area contributed by atoms with Crippen LogP contribution in [0.15, 0.2) is 29.2 Å². The third-order valence-corrected chi connectivity index (χ3v) is 6.03. The Morgan fingerprint density at radius 3 is 2.44 bits per heavy atom. The summed E-state index contributed by atoms with van der Waals surface area (Å²) in [7, 11) is 0. The molecule has 0 saturated heterocycles. The summed E-state index contributed by atoms with van der Waals surface area (Å²) < 4.78 is 13.8. The third kappa shape index (κ3) is 2.08. The lowest BCUT2D eigenvalue weighted by Crippen LogP contribution is -2.52. The van der Waals surface area contributed by atoms with Gasteiger partial charge in [0.25, 0.3) is 0 Å². The molecule has 0 heterocycles. The number of rotatable bonds is 3. The quantitative estimate of drug-likeness (QED) is 0.895. The van der Waals surface area contributed by atoms with E-state index in [9.17, 15) is 4.39 Å². The van der Waals surface area contributed by atoms with Crippen LogP contribution >= 0.6 is 11.8 Å². The number of hydrogen-bond donors (Lipinski definition) is 1. The molecule has 98 valence electrons. The highest BCUT2D eigenvalue weighted by atomic mass is 32.2. The average molecular weight is 265 g/mol. The molecule has 18 heavy (non-hydrogen) atoms. The molecule has 3 heteroatoms. The highest BCUT2D eigenvalue weighted by Gasteiger charge is 2.55. The minimum atomic E-state index is -0.109. The Bertz CT molecular complexity index is 432. The summed E-state index contributed by atoms with van der Waals surface area (Å²) in [6.45, 7) is 0.660. The van der Waals surface area contributed by atoms with Gasteiger partial charge in [0.1, 0.15) is 5.82 Å². The van der Waals surface area contributed by atoms with Crippen molar-refractivity contribution in [3.8, 4) is 0 Å². The van der Waals surface area contributed by atoms with E-state index in [-0.39, 0.29) is 10.6 Å². The van der Waals surface area contributed by atoms with Gasteiger partial charge in [0, 0.05) is 16.2 Å². The monoisotopic (exact) mass is 265 g/mol. The molecule has 0 aliphatic heterocycles. The van der Waals surface area contributed by atoms with Crippen LogP contribution in [0, 0.1) is 11.2 Å². The van der Waals surface area contributed by atoms with Gasteiger partial charge in [0.15, 0.2) is 0 Å². The van der Waals surface area contributed by atoms with Crippen molar-refractivity contribution >= 4 is 11.8 Å². The minimum absolute atomic E-state index is 0.0898. The van der Waals surface area contributed by atoms with E-state index in [4.69, 9.17) is 5.73 Å². The molecular formula is C15H20FNS. The molecule has 1 spiro atoms. The van der Waals surface area contributed by atoms with Crippen LogP contribution in [-0.2, 0) is 0 Å². The summed E-state index contributed by atoms with van der Waals surface area (Å²) in [4.78, 5) is 0.760. The zero-order valence-electron chi connectivity index (χ0n) is 10.6. The first-order chi connectivity index (χ1) is 8.67. The lowest BCUT2D eigenvalue weighted by atomic mass is 9.60. The lowest BCUT2D eigenvalue weighted by molar-refractivity contribution is 0.0934. The molecule has 0 radical (unpaired) electrons. The SMILES string of the molecule is NCC1(Sc2ccccc2F)CC2(CCCC2)C1. The average Bonchev–Trinajstić information content (AvgIpc) is 2.80. The number of nitrogens with two attached hydrogens (primary N) is 1. The van der Waals surface area contributed by atoms with Gasteiger partial charge in [-0.05, 0) is 43.2 Å². The summed E-state index contributed by atoms with van der Waals surface area (Å²) in [5.41, 5.74) is 6.53. The van der Waals surface area contributed by atoms with Crippen LogP contribution in [0.4, 0.5) is 4.39 Å². The van der Waals surface area contributed by atoms with Gasteiger partial charge >= 0.3 is 0 Å². The standard InChI is InChI=1S/C15H20FNS/c16-12-5-1-2-6-13(12)18-15(11-17)9-14(10-15)7-3-4-8-14/h1-2,5-6H,3-4,7-11,17H2. The van der Waals surface area contributed by atoms with E-state index in [1.165, 1.54) is 44.6 Å². The van der Waals surface area contributed by atoms with Crippen molar-refractivity contribution in [3.05, 3.63) is 30.1 Å². The van der Waals surface area contributed by atoms with Gasteiger partial charge in [0.2, 0.25) is 0 Å². The summed E-state index contributed by atoms with van der Waals surface area (Å²) in [5.74, 6) is -0.109. The van der Waals surface area contributed by atoms with Crippen LogP contribution < -0.4 is 5.73 Å². The summed E-state index contributed by atoms with van der Waals surface area (Å²) in [6.07, 6.45) is 7.79. The second-order valence-electron chi connectivity index (χ2n) is 5.98. The maximum absolute atomic E-state index is 13.7. The van der Waals surface area contributed by atoms with Crippen LogP contribution in [-0.4, -0.2) is 11.3 Å². The van der Waals surface area contributed by atoms with Crippen LogP contribution in [0.5, 0.6) is 0 Å². The van der Waals surface area contributed by atoms with Gasteiger partial charge in [-0.15, -0.1) is 11.8 Å². The number of benzene rings is 1. The van der Waals surface area contributed by atoms with Crippen LogP contribution in [0.25, 0.3) is 0 Å². The fraction of sp³-hybridized carbons (Fsp3) is 0.600. The number of hydrogen-bond acceptors (Lipinski definition) is 2. The molecule has 3 rings (SSSR count). The molecule has 2 N–H and O–H groups in total. The van der Waals surface area contributed by atoms with Crippen LogP contribution in [0.1, 0.15) is 38.5 Å². The fourth-order valence-electron chi connectivity index (χ4n) is 3.81. The Morgan fingerprint density at radius 2 is 1.83 bits per heavy atom. The molecule has 2 fully saturated rings. The Hall–Kier alpha value is -0.540. The fourth-order valence-corrected chi connectivity index (χ4v) is 5.43. The van der Waals surface area contributed by atoms with Crippen molar-refractivity contribution in [2.24, 2.45) is 11.1 Å². The highest BCUT2D eigenvalue weighted by Crippen LogP contribution is 2.63. The van der Waals surface area contributed by atoms with E-state index in [0.29, 0.717) is 12.0 Å². The maximum atomic E-state index is 13.7. The second kappa shape index (κ2) is 4.53. The number of halogens is 1. The molecule has 1 aromatic rings. The minimum Gasteiger partial charge on any atom is -0.329 e. The molecular weight excluding hydrogens is 245 g/mol. The molecule has 0 bridgehead atoms.